The molecule has 1 heterocycles. The van der Waals surface area contributed by atoms with Gasteiger partial charge in [-0.2, -0.15) is 0 Å². The van der Waals surface area contributed by atoms with E-state index in [0.717, 1.165) is 16.0 Å². The average Bonchev–Trinajstić information content (AvgIpc) is 2.57. The molecule has 1 N–H and O–H groups in total. The highest BCUT2D eigenvalue weighted by molar-refractivity contribution is 6.05. The van der Waals surface area contributed by atoms with Crippen LogP contribution in [0.2, 0.25) is 0 Å². The second-order valence-electron chi connectivity index (χ2n) is 4.81. The number of hydrogen-bond donors (Lipinski definition) is 1. The molecule has 1 aliphatic rings. The number of imide groups is 1. The summed E-state index contributed by atoms with van der Waals surface area (Å²) in [6.45, 7) is 1.42. The molecule has 1 unspecified atom stereocenters. The van der Waals surface area contributed by atoms with Crippen molar-refractivity contribution in [3.8, 4) is 0 Å². The third-order valence-corrected chi connectivity index (χ3v) is 3.20. The Hall–Kier alpha value is -2.17. The maximum atomic E-state index is 12.0. The molecular weight excluding hydrogens is 246 g/mol. The van der Waals surface area contributed by atoms with Crippen LogP contribution in [-0.2, 0) is 20.8 Å². The standard InChI is InChI=1S/C14H15NO4/c1-9-3-2-4-10(5-9)6-11-7-12(16)15(14(11)19)8-13(17)18/h2-5,11H,6-8H2,1H3,(H,17,18). The Morgan fingerprint density at radius 3 is 2.79 bits per heavy atom. The highest BCUT2D eigenvalue weighted by Gasteiger charge is 2.39. The highest BCUT2D eigenvalue weighted by atomic mass is 16.4. The highest BCUT2D eigenvalue weighted by Crippen LogP contribution is 2.23. The molecular formula is C14H15NO4. The lowest BCUT2D eigenvalue weighted by atomic mass is 9.97. The minimum Gasteiger partial charge on any atom is -0.480 e. The second-order valence-corrected chi connectivity index (χ2v) is 4.81. The van der Waals surface area contributed by atoms with Gasteiger partial charge in [-0.3, -0.25) is 19.3 Å². The number of rotatable bonds is 4. The fourth-order valence-corrected chi connectivity index (χ4v) is 2.34. The Kier molecular flexibility index (Phi) is 3.64. The monoisotopic (exact) mass is 261 g/mol. The number of carboxylic acids is 1. The molecule has 19 heavy (non-hydrogen) atoms. The summed E-state index contributed by atoms with van der Waals surface area (Å²) in [5.41, 5.74) is 2.08. The molecule has 0 radical (unpaired) electrons. The summed E-state index contributed by atoms with van der Waals surface area (Å²) < 4.78 is 0. The summed E-state index contributed by atoms with van der Waals surface area (Å²) in [4.78, 5) is 35.1. The van der Waals surface area contributed by atoms with Crippen molar-refractivity contribution in [1.82, 2.24) is 4.90 Å². The van der Waals surface area contributed by atoms with Crippen molar-refractivity contribution in [3.05, 3.63) is 35.4 Å². The Morgan fingerprint density at radius 2 is 2.16 bits per heavy atom. The van der Waals surface area contributed by atoms with Gasteiger partial charge in [0.1, 0.15) is 6.54 Å². The number of aryl methyl sites for hydroxylation is 1. The predicted molar refractivity (Wildman–Crippen MR) is 67.3 cm³/mol. The lowest BCUT2D eigenvalue weighted by Crippen LogP contribution is -2.35. The molecule has 1 aromatic rings. The Morgan fingerprint density at radius 1 is 1.42 bits per heavy atom. The van der Waals surface area contributed by atoms with Crippen LogP contribution in [0.4, 0.5) is 0 Å². The Bertz CT molecular complexity index is 538. The molecule has 0 saturated carbocycles. The van der Waals surface area contributed by atoms with Gasteiger partial charge in [-0.05, 0) is 18.9 Å². The Labute approximate surface area is 110 Å². The first-order valence-corrected chi connectivity index (χ1v) is 6.09. The number of aliphatic carboxylic acids is 1. The van der Waals surface area contributed by atoms with E-state index in [4.69, 9.17) is 5.11 Å². The van der Waals surface area contributed by atoms with Crippen molar-refractivity contribution in [2.75, 3.05) is 6.54 Å². The number of likely N-dealkylation sites (tertiary alicyclic amines) is 1. The van der Waals surface area contributed by atoms with Crippen LogP contribution in [0.3, 0.4) is 0 Å². The summed E-state index contributed by atoms with van der Waals surface area (Å²) in [6, 6.07) is 7.74. The topological polar surface area (TPSA) is 74.7 Å². The summed E-state index contributed by atoms with van der Waals surface area (Å²) in [5.74, 6) is -2.38. The van der Waals surface area contributed by atoms with E-state index in [1.54, 1.807) is 0 Å². The number of carbonyl (C=O) groups excluding carboxylic acids is 2. The Balaban J connectivity index is 2.09. The predicted octanol–water partition coefficient (Wildman–Crippen LogP) is 0.997. The molecule has 0 aromatic heterocycles. The van der Waals surface area contributed by atoms with Gasteiger partial charge in [0.25, 0.3) is 0 Å². The molecule has 1 aliphatic heterocycles. The van der Waals surface area contributed by atoms with E-state index in [2.05, 4.69) is 0 Å². The van der Waals surface area contributed by atoms with Crippen LogP contribution >= 0.6 is 0 Å². The van der Waals surface area contributed by atoms with Crippen LogP contribution in [0.1, 0.15) is 17.5 Å². The van der Waals surface area contributed by atoms with E-state index < -0.39 is 24.3 Å². The molecule has 5 nitrogen and oxygen atoms in total. The van der Waals surface area contributed by atoms with Gasteiger partial charge in [0.15, 0.2) is 0 Å². The molecule has 1 saturated heterocycles. The first-order chi connectivity index (χ1) is 8.97. The molecule has 1 atom stereocenters. The van der Waals surface area contributed by atoms with Gasteiger partial charge < -0.3 is 5.11 Å². The minimum atomic E-state index is -1.17. The summed E-state index contributed by atoms with van der Waals surface area (Å²) in [6.07, 6.45) is 0.572. The summed E-state index contributed by atoms with van der Waals surface area (Å²) in [5, 5.41) is 8.68. The van der Waals surface area contributed by atoms with Gasteiger partial charge >= 0.3 is 5.97 Å². The number of nitrogens with zero attached hydrogens (tertiary/aromatic N) is 1. The normalized spacial score (nSPS) is 19.0. The lowest BCUT2D eigenvalue weighted by Gasteiger charge is -2.12. The first-order valence-electron chi connectivity index (χ1n) is 6.09. The van der Waals surface area contributed by atoms with E-state index in [0.29, 0.717) is 6.42 Å². The largest absolute Gasteiger partial charge is 0.480 e. The van der Waals surface area contributed by atoms with E-state index in [1.807, 2.05) is 31.2 Å². The SMILES string of the molecule is Cc1cccc(CC2CC(=O)N(CC(=O)O)C2=O)c1. The van der Waals surface area contributed by atoms with Gasteiger partial charge in [0.05, 0.1) is 5.92 Å². The van der Waals surface area contributed by atoms with Gasteiger partial charge in [0.2, 0.25) is 11.8 Å². The van der Waals surface area contributed by atoms with E-state index in [-0.39, 0.29) is 12.3 Å². The van der Waals surface area contributed by atoms with Gasteiger partial charge in [-0.25, -0.2) is 0 Å². The van der Waals surface area contributed by atoms with Crippen molar-refractivity contribution >= 4 is 17.8 Å². The van der Waals surface area contributed by atoms with E-state index in [9.17, 15) is 14.4 Å². The maximum Gasteiger partial charge on any atom is 0.323 e. The number of amides is 2. The first kappa shape index (κ1) is 13.3. The van der Waals surface area contributed by atoms with Gasteiger partial charge in [-0.15, -0.1) is 0 Å². The second kappa shape index (κ2) is 5.22. The third-order valence-electron chi connectivity index (χ3n) is 3.20. The fraction of sp³-hybridized carbons (Fsp3) is 0.357. The van der Waals surface area contributed by atoms with Crippen molar-refractivity contribution in [1.29, 1.82) is 0 Å². The number of carboxylic acid groups (broad SMARTS) is 1. The summed E-state index contributed by atoms with van der Waals surface area (Å²) in [7, 11) is 0. The van der Waals surface area contributed by atoms with Crippen molar-refractivity contribution in [2.45, 2.75) is 19.8 Å². The lowest BCUT2D eigenvalue weighted by molar-refractivity contribution is -0.149. The minimum absolute atomic E-state index is 0.0973. The zero-order chi connectivity index (χ0) is 14.0. The molecule has 2 amide bonds. The molecule has 0 spiro atoms. The van der Waals surface area contributed by atoms with Crippen LogP contribution in [-0.4, -0.2) is 34.3 Å². The van der Waals surface area contributed by atoms with Crippen LogP contribution in [0, 0.1) is 12.8 Å². The van der Waals surface area contributed by atoms with Gasteiger partial charge in [0, 0.05) is 6.42 Å². The van der Waals surface area contributed by atoms with Crippen LogP contribution in [0.25, 0.3) is 0 Å². The number of carbonyl (C=O) groups is 3. The zero-order valence-corrected chi connectivity index (χ0v) is 10.6. The maximum absolute atomic E-state index is 12.0. The van der Waals surface area contributed by atoms with Crippen LogP contribution < -0.4 is 0 Å². The molecule has 1 fully saturated rings. The van der Waals surface area contributed by atoms with E-state index >= 15 is 0 Å². The molecule has 1 aromatic carbocycles. The van der Waals surface area contributed by atoms with Crippen LogP contribution in [0.15, 0.2) is 24.3 Å². The quantitative estimate of drug-likeness (QED) is 0.820. The molecule has 100 valence electrons. The molecule has 2 rings (SSSR count). The number of hydrogen-bond acceptors (Lipinski definition) is 3. The van der Waals surface area contributed by atoms with Crippen LogP contribution in [0.5, 0.6) is 0 Å². The zero-order valence-electron chi connectivity index (χ0n) is 10.6. The van der Waals surface area contributed by atoms with Crippen molar-refractivity contribution in [3.63, 3.8) is 0 Å². The third kappa shape index (κ3) is 2.99. The molecule has 0 aliphatic carbocycles. The number of benzene rings is 1. The average molecular weight is 261 g/mol. The van der Waals surface area contributed by atoms with Crippen molar-refractivity contribution < 1.29 is 19.5 Å². The summed E-state index contributed by atoms with van der Waals surface area (Å²) >= 11 is 0. The fourth-order valence-electron chi connectivity index (χ4n) is 2.34. The van der Waals surface area contributed by atoms with E-state index in [1.165, 1.54) is 0 Å². The molecule has 0 bridgehead atoms. The molecule has 5 heteroatoms. The van der Waals surface area contributed by atoms with Gasteiger partial charge in [-0.1, -0.05) is 29.8 Å². The smallest absolute Gasteiger partial charge is 0.323 e. The van der Waals surface area contributed by atoms with Crippen molar-refractivity contribution in [2.24, 2.45) is 5.92 Å².